The van der Waals surface area contributed by atoms with E-state index in [2.05, 4.69) is 15.3 Å². The molecule has 0 radical (unpaired) electrons. The van der Waals surface area contributed by atoms with Crippen LogP contribution in [-0.2, 0) is 0 Å². The lowest BCUT2D eigenvalue weighted by atomic mass is 10.7. The van der Waals surface area contributed by atoms with Gasteiger partial charge in [0.1, 0.15) is 6.67 Å². The van der Waals surface area contributed by atoms with Crippen molar-refractivity contribution in [2.45, 2.75) is 0 Å². The predicted octanol–water partition coefficient (Wildman–Crippen LogP) is -0.354. The third-order valence-electron chi connectivity index (χ3n) is 0.684. The molecule has 0 aromatic carbocycles. The summed E-state index contributed by atoms with van der Waals surface area (Å²) in [6.45, 7) is 1.39. The third-order valence-corrected chi connectivity index (χ3v) is 0.684. The summed E-state index contributed by atoms with van der Waals surface area (Å²) in [5.74, 6) is 0. The molecule has 0 aliphatic carbocycles. The smallest absolute Gasteiger partial charge is 0.130 e. The van der Waals surface area contributed by atoms with Gasteiger partial charge >= 0.3 is 0 Å². The zero-order chi connectivity index (χ0) is 4.95. The van der Waals surface area contributed by atoms with Crippen molar-refractivity contribution >= 4 is 12.6 Å². The average molecular weight is 97.1 g/mol. The first kappa shape index (κ1) is 4.30. The molecule has 1 rings (SSSR count). The van der Waals surface area contributed by atoms with Crippen LogP contribution in [0.2, 0.25) is 0 Å². The number of aliphatic imine (C=N–C) groups is 2. The van der Waals surface area contributed by atoms with E-state index in [1.54, 1.807) is 6.34 Å². The summed E-state index contributed by atoms with van der Waals surface area (Å²) in [5.41, 5.74) is 0. The average Bonchev–Trinajstić information content (AvgIpc) is 1.90. The minimum Gasteiger partial charge on any atom is -0.371 e. The predicted molar refractivity (Wildman–Crippen MR) is 29.9 cm³/mol. The lowest BCUT2D eigenvalue weighted by Gasteiger charge is -1.82. The Hall–Kier alpha value is -0.860. The van der Waals surface area contributed by atoms with Gasteiger partial charge in [-0.2, -0.15) is 0 Å². The van der Waals surface area contributed by atoms with Crippen molar-refractivity contribution in [3.8, 4) is 0 Å². The topological polar surface area (TPSA) is 36.8 Å². The van der Waals surface area contributed by atoms with Gasteiger partial charge in [-0.15, -0.1) is 0 Å². The summed E-state index contributed by atoms with van der Waals surface area (Å²) in [5, 5.41) is 2.91. The molecule has 0 saturated heterocycles. The van der Waals surface area contributed by atoms with Crippen molar-refractivity contribution < 1.29 is 0 Å². The van der Waals surface area contributed by atoms with Gasteiger partial charge in [-0.1, -0.05) is 0 Å². The van der Waals surface area contributed by atoms with Gasteiger partial charge in [0.2, 0.25) is 0 Å². The molecule has 1 aliphatic rings. The Morgan fingerprint density at radius 3 is 3.43 bits per heavy atom. The molecular weight excluding hydrogens is 90.1 g/mol. The monoisotopic (exact) mass is 97.1 g/mol. The summed E-state index contributed by atoms with van der Waals surface area (Å²) < 4.78 is 0. The highest BCUT2D eigenvalue weighted by Crippen LogP contribution is 1.70. The van der Waals surface area contributed by atoms with Crippen LogP contribution in [-0.4, -0.2) is 25.8 Å². The van der Waals surface area contributed by atoms with Crippen LogP contribution in [0.5, 0.6) is 0 Å². The van der Waals surface area contributed by atoms with Gasteiger partial charge < -0.3 is 5.32 Å². The van der Waals surface area contributed by atoms with Gasteiger partial charge in [0.05, 0.1) is 12.9 Å². The summed E-state index contributed by atoms with van der Waals surface area (Å²) in [7, 11) is 0. The minimum atomic E-state index is 0.576. The van der Waals surface area contributed by atoms with Gasteiger partial charge in [-0.05, 0) is 0 Å². The largest absolute Gasteiger partial charge is 0.371 e. The fourth-order valence-corrected chi connectivity index (χ4v) is 0.380. The number of hydrogen-bond donors (Lipinski definition) is 1. The van der Waals surface area contributed by atoms with Crippen LogP contribution in [0, 0.1) is 0 Å². The Bertz CT molecular complexity index is 83.1. The van der Waals surface area contributed by atoms with E-state index in [1.807, 2.05) is 6.21 Å². The molecule has 1 N–H and O–H groups in total. The first-order valence-electron chi connectivity index (χ1n) is 2.20. The summed E-state index contributed by atoms with van der Waals surface area (Å²) in [4.78, 5) is 7.72. The second-order valence-electron chi connectivity index (χ2n) is 1.23. The number of hydrogen-bond acceptors (Lipinski definition) is 3. The first-order valence-corrected chi connectivity index (χ1v) is 2.20. The maximum atomic E-state index is 3.89. The molecule has 0 bridgehead atoms. The molecule has 0 unspecified atom stereocenters. The van der Waals surface area contributed by atoms with Crippen LogP contribution in [0.3, 0.4) is 0 Å². The number of rotatable bonds is 0. The quantitative estimate of drug-likeness (QED) is 0.440. The van der Waals surface area contributed by atoms with Crippen molar-refractivity contribution in [3.05, 3.63) is 0 Å². The Morgan fingerprint density at radius 2 is 2.43 bits per heavy atom. The fourth-order valence-electron chi connectivity index (χ4n) is 0.380. The SMILES string of the molecule is C1=NCN=CNC1. The normalized spacial score (nSPS) is 18.3. The van der Waals surface area contributed by atoms with Gasteiger partial charge in [-0.3, -0.25) is 9.98 Å². The van der Waals surface area contributed by atoms with Crippen molar-refractivity contribution in [2.75, 3.05) is 13.2 Å². The zero-order valence-corrected chi connectivity index (χ0v) is 3.96. The third kappa shape index (κ3) is 1.34. The fraction of sp³-hybridized carbons (Fsp3) is 0.500. The van der Waals surface area contributed by atoms with Crippen LogP contribution >= 0.6 is 0 Å². The highest BCUT2D eigenvalue weighted by molar-refractivity contribution is 5.67. The van der Waals surface area contributed by atoms with Gasteiger partial charge in [0, 0.05) is 6.21 Å². The maximum Gasteiger partial charge on any atom is 0.130 e. The number of nitrogens with one attached hydrogen (secondary N) is 1. The molecule has 38 valence electrons. The van der Waals surface area contributed by atoms with E-state index in [0.29, 0.717) is 6.67 Å². The molecule has 0 fully saturated rings. The van der Waals surface area contributed by atoms with Crippen molar-refractivity contribution in [1.29, 1.82) is 0 Å². The van der Waals surface area contributed by atoms with Gasteiger partial charge in [-0.25, -0.2) is 0 Å². The molecule has 0 aromatic rings. The molecule has 1 heterocycles. The van der Waals surface area contributed by atoms with Crippen molar-refractivity contribution in [3.63, 3.8) is 0 Å². The van der Waals surface area contributed by atoms with Crippen LogP contribution in [0.15, 0.2) is 9.98 Å². The molecule has 0 saturated carbocycles. The highest BCUT2D eigenvalue weighted by Gasteiger charge is 1.77. The number of nitrogens with zero attached hydrogens (tertiary/aromatic N) is 2. The van der Waals surface area contributed by atoms with Gasteiger partial charge in [0.25, 0.3) is 0 Å². The Labute approximate surface area is 42.2 Å². The molecule has 0 atom stereocenters. The van der Waals surface area contributed by atoms with E-state index >= 15 is 0 Å². The van der Waals surface area contributed by atoms with Crippen molar-refractivity contribution in [2.24, 2.45) is 9.98 Å². The van der Waals surface area contributed by atoms with E-state index in [1.165, 1.54) is 0 Å². The molecule has 3 nitrogen and oxygen atoms in total. The standard InChI is InChI=1S/C4H7N3/c1-2-6-4-7-3-5-1/h1,4H,2-3H2,(H,6,7). The van der Waals surface area contributed by atoms with Crippen LogP contribution < -0.4 is 5.32 Å². The second kappa shape index (κ2) is 2.34. The lowest BCUT2D eigenvalue weighted by molar-refractivity contribution is 1.08. The first-order chi connectivity index (χ1) is 3.50. The van der Waals surface area contributed by atoms with E-state index in [4.69, 9.17) is 0 Å². The van der Waals surface area contributed by atoms with E-state index in [0.717, 1.165) is 6.54 Å². The van der Waals surface area contributed by atoms with Crippen LogP contribution in [0.1, 0.15) is 0 Å². The molecular formula is C4H7N3. The lowest BCUT2D eigenvalue weighted by Crippen LogP contribution is -2.11. The Kier molecular flexibility index (Phi) is 1.44. The molecule has 3 heteroatoms. The maximum absolute atomic E-state index is 3.89. The highest BCUT2D eigenvalue weighted by atomic mass is 15.0. The summed E-state index contributed by atoms with van der Waals surface area (Å²) in [6, 6.07) is 0. The summed E-state index contributed by atoms with van der Waals surface area (Å²) in [6.07, 6.45) is 3.49. The Morgan fingerprint density at radius 1 is 1.43 bits per heavy atom. The molecule has 1 aliphatic heterocycles. The van der Waals surface area contributed by atoms with Crippen LogP contribution in [0.25, 0.3) is 0 Å². The molecule has 7 heavy (non-hydrogen) atoms. The summed E-state index contributed by atoms with van der Waals surface area (Å²) >= 11 is 0. The van der Waals surface area contributed by atoms with Gasteiger partial charge in [0.15, 0.2) is 0 Å². The molecule has 0 amide bonds. The second-order valence-corrected chi connectivity index (χ2v) is 1.23. The minimum absolute atomic E-state index is 0.576. The zero-order valence-electron chi connectivity index (χ0n) is 3.96. The van der Waals surface area contributed by atoms with E-state index < -0.39 is 0 Å². The van der Waals surface area contributed by atoms with E-state index in [-0.39, 0.29) is 0 Å². The van der Waals surface area contributed by atoms with Crippen molar-refractivity contribution in [1.82, 2.24) is 5.32 Å². The Balaban J connectivity index is 2.38. The molecule has 0 spiro atoms. The molecule has 0 aromatic heterocycles. The van der Waals surface area contributed by atoms with Crippen LogP contribution in [0.4, 0.5) is 0 Å². The van der Waals surface area contributed by atoms with E-state index in [9.17, 15) is 0 Å².